The molecule has 0 unspecified atom stereocenters. The van der Waals surface area contributed by atoms with Crippen molar-refractivity contribution >= 4 is 28.4 Å². The molecule has 0 fully saturated rings. The molecule has 0 radical (unpaired) electrons. The molecular weight excluding hydrogens is 353 g/mol. The number of pyridine rings is 1. The molecule has 0 saturated heterocycles. The van der Waals surface area contributed by atoms with Crippen LogP contribution in [0.3, 0.4) is 0 Å². The van der Waals surface area contributed by atoms with Crippen LogP contribution in [0.4, 0.5) is 5.82 Å². The number of nitrogen functional groups attached to an aromatic ring is 1. The first-order valence-electron chi connectivity index (χ1n) is 5.68. The number of rotatable bonds is 2. The molecule has 2 aromatic heterocycles. The van der Waals surface area contributed by atoms with Crippen molar-refractivity contribution in [2.75, 3.05) is 5.73 Å². The first-order valence-corrected chi connectivity index (χ1v) is 6.75. The summed E-state index contributed by atoms with van der Waals surface area (Å²) in [5.74, 6) is 1.05. The molecule has 0 aliphatic heterocycles. The quantitative estimate of drug-likeness (QED) is 0.707. The Hall–Kier alpha value is -1.89. The van der Waals surface area contributed by atoms with E-state index in [0.717, 1.165) is 20.3 Å². The van der Waals surface area contributed by atoms with Gasteiger partial charge in [0.25, 0.3) is 0 Å². The molecule has 3 rings (SSSR count). The van der Waals surface area contributed by atoms with Crippen LogP contribution in [0.2, 0.25) is 0 Å². The van der Waals surface area contributed by atoms with Gasteiger partial charge in [0, 0.05) is 27.1 Å². The molecular formula is C14H10IN3O. The summed E-state index contributed by atoms with van der Waals surface area (Å²) in [5.41, 5.74) is 8.59. The predicted molar refractivity (Wildman–Crippen MR) is 82.3 cm³/mol. The zero-order valence-electron chi connectivity index (χ0n) is 9.88. The van der Waals surface area contributed by atoms with Gasteiger partial charge in [-0.25, -0.2) is 0 Å². The van der Waals surface area contributed by atoms with E-state index in [1.54, 1.807) is 12.4 Å². The maximum Gasteiger partial charge on any atom is 0.178 e. The van der Waals surface area contributed by atoms with Crippen molar-refractivity contribution < 1.29 is 4.52 Å². The normalized spacial score (nSPS) is 10.6. The molecule has 4 nitrogen and oxygen atoms in total. The van der Waals surface area contributed by atoms with Crippen LogP contribution in [0, 0.1) is 3.57 Å². The van der Waals surface area contributed by atoms with Gasteiger partial charge >= 0.3 is 0 Å². The SMILES string of the molecule is Nc1noc(-c2ccccc2I)c1-c1cccnc1. The summed E-state index contributed by atoms with van der Waals surface area (Å²) in [7, 11) is 0. The highest BCUT2D eigenvalue weighted by Crippen LogP contribution is 2.37. The molecule has 5 heteroatoms. The Morgan fingerprint density at radius 3 is 2.68 bits per heavy atom. The number of halogens is 1. The largest absolute Gasteiger partial charge is 0.380 e. The Balaban J connectivity index is 2.23. The molecule has 0 spiro atoms. The standard InChI is InChI=1S/C14H10IN3O/c15-11-6-2-1-5-10(11)13-12(14(16)18-19-13)9-4-3-7-17-8-9/h1-8H,(H2,16,18). The number of hydrogen-bond acceptors (Lipinski definition) is 4. The van der Waals surface area contributed by atoms with E-state index in [0.29, 0.717) is 11.6 Å². The predicted octanol–water partition coefficient (Wildman–Crippen LogP) is 3.59. The van der Waals surface area contributed by atoms with E-state index in [1.807, 2.05) is 36.4 Å². The molecule has 1 aromatic carbocycles. The maximum atomic E-state index is 5.93. The van der Waals surface area contributed by atoms with Gasteiger partial charge in [-0.1, -0.05) is 29.4 Å². The third kappa shape index (κ3) is 2.21. The summed E-state index contributed by atoms with van der Waals surface area (Å²) in [6.07, 6.45) is 3.47. The summed E-state index contributed by atoms with van der Waals surface area (Å²) in [4.78, 5) is 4.11. The van der Waals surface area contributed by atoms with E-state index in [-0.39, 0.29) is 0 Å². The van der Waals surface area contributed by atoms with Crippen LogP contribution in [-0.4, -0.2) is 10.1 Å². The number of aromatic nitrogens is 2. The van der Waals surface area contributed by atoms with Crippen LogP contribution in [0.5, 0.6) is 0 Å². The summed E-state index contributed by atoms with van der Waals surface area (Å²) in [6, 6.07) is 11.7. The lowest BCUT2D eigenvalue weighted by Gasteiger charge is -2.04. The topological polar surface area (TPSA) is 64.9 Å². The number of nitrogens with zero attached hydrogens (tertiary/aromatic N) is 2. The fraction of sp³-hybridized carbons (Fsp3) is 0. The maximum absolute atomic E-state index is 5.93. The van der Waals surface area contributed by atoms with Crippen molar-refractivity contribution in [3.05, 3.63) is 52.4 Å². The van der Waals surface area contributed by atoms with E-state index < -0.39 is 0 Å². The van der Waals surface area contributed by atoms with E-state index in [1.165, 1.54) is 0 Å². The van der Waals surface area contributed by atoms with E-state index >= 15 is 0 Å². The third-order valence-electron chi connectivity index (χ3n) is 2.79. The average Bonchev–Trinajstić information content (AvgIpc) is 2.82. The molecule has 0 bridgehead atoms. The minimum absolute atomic E-state index is 0.377. The van der Waals surface area contributed by atoms with Crippen LogP contribution in [-0.2, 0) is 0 Å². The van der Waals surface area contributed by atoms with Crippen molar-refractivity contribution in [2.24, 2.45) is 0 Å². The highest BCUT2D eigenvalue weighted by atomic mass is 127. The summed E-state index contributed by atoms with van der Waals surface area (Å²) in [5, 5.41) is 3.88. The molecule has 3 aromatic rings. The molecule has 0 amide bonds. The zero-order valence-corrected chi connectivity index (χ0v) is 12.0. The lowest BCUT2D eigenvalue weighted by molar-refractivity contribution is 0.436. The second-order valence-electron chi connectivity index (χ2n) is 3.99. The Bertz CT molecular complexity index is 710. The lowest BCUT2D eigenvalue weighted by Crippen LogP contribution is -1.90. The van der Waals surface area contributed by atoms with Gasteiger partial charge in [-0.05, 0) is 34.7 Å². The van der Waals surface area contributed by atoms with Crippen molar-refractivity contribution in [3.63, 3.8) is 0 Å². The Morgan fingerprint density at radius 1 is 1.11 bits per heavy atom. The van der Waals surface area contributed by atoms with Crippen LogP contribution >= 0.6 is 22.6 Å². The van der Waals surface area contributed by atoms with Gasteiger partial charge in [-0.2, -0.15) is 0 Å². The molecule has 0 atom stereocenters. The van der Waals surface area contributed by atoms with Crippen molar-refractivity contribution in [2.45, 2.75) is 0 Å². The molecule has 19 heavy (non-hydrogen) atoms. The van der Waals surface area contributed by atoms with Crippen LogP contribution in [0.25, 0.3) is 22.5 Å². The van der Waals surface area contributed by atoms with Crippen LogP contribution < -0.4 is 5.73 Å². The first kappa shape index (κ1) is 12.2. The molecule has 2 N–H and O–H groups in total. The van der Waals surface area contributed by atoms with Crippen molar-refractivity contribution in [1.82, 2.24) is 10.1 Å². The lowest BCUT2D eigenvalue weighted by atomic mass is 10.0. The third-order valence-corrected chi connectivity index (χ3v) is 3.73. The van der Waals surface area contributed by atoms with Crippen LogP contribution in [0.1, 0.15) is 0 Å². The van der Waals surface area contributed by atoms with E-state index in [4.69, 9.17) is 10.3 Å². The Kier molecular flexibility index (Phi) is 3.20. The van der Waals surface area contributed by atoms with Gasteiger partial charge in [0.15, 0.2) is 11.6 Å². The number of benzene rings is 1. The smallest absolute Gasteiger partial charge is 0.178 e. The number of anilines is 1. The Labute approximate surface area is 123 Å². The van der Waals surface area contributed by atoms with E-state index in [9.17, 15) is 0 Å². The minimum atomic E-state index is 0.377. The van der Waals surface area contributed by atoms with Gasteiger partial charge in [-0.3, -0.25) is 4.98 Å². The van der Waals surface area contributed by atoms with Gasteiger partial charge in [0.2, 0.25) is 0 Å². The van der Waals surface area contributed by atoms with Gasteiger partial charge < -0.3 is 10.3 Å². The molecule has 0 aliphatic rings. The van der Waals surface area contributed by atoms with E-state index in [2.05, 4.69) is 32.7 Å². The molecule has 94 valence electrons. The van der Waals surface area contributed by atoms with Crippen molar-refractivity contribution in [1.29, 1.82) is 0 Å². The second kappa shape index (κ2) is 5.00. The van der Waals surface area contributed by atoms with Gasteiger partial charge in [0.05, 0.1) is 5.56 Å². The average molecular weight is 363 g/mol. The Morgan fingerprint density at radius 2 is 1.95 bits per heavy atom. The van der Waals surface area contributed by atoms with Crippen molar-refractivity contribution in [3.8, 4) is 22.5 Å². The molecule has 2 heterocycles. The fourth-order valence-corrected chi connectivity index (χ4v) is 2.55. The highest BCUT2D eigenvalue weighted by molar-refractivity contribution is 14.1. The number of nitrogens with two attached hydrogens (primary N) is 1. The molecule has 0 aliphatic carbocycles. The van der Waals surface area contributed by atoms with Crippen LogP contribution in [0.15, 0.2) is 53.3 Å². The highest BCUT2D eigenvalue weighted by Gasteiger charge is 2.19. The van der Waals surface area contributed by atoms with Gasteiger partial charge in [-0.15, -0.1) is 0 Å². The van der Waals surface area contributed by atoms with Gasteiger partial charge in [0.1, 0.15) is 0 Å². The minimum Gasteiger partial charge on any atom is -0.380 e. The molecule has 0 saturated carbocycles. The zero-order chi connectivity index (χ0) is 13.2. The summed E-state index contributed by atoms with van der Waals surface area (Å²) >= 11 is 2.26. The summed E-state index contributed by atoms with van der Waals surface area (Å²) < 4.78 is 6.49. The summed E-state index contributed by atoms with van der Waals surface area (Å²) in [6.45, 7) is 0. The number of hydrogen-bond donors (Lipinski definition) is 1. The first-order chi connectivity index (χ1) is 9.27. The monoisotopic (exact) mass is 363 g/mol. The fourth-order valence-electron chi connectivity index (χ4n) is 1.92. The second-order valence-corrected chi connectivity index (χ2v) is 5.16.